The lowest BCUT2D eigenvalue weighted by Crippen LogP contribution is -2.91. The number of nitrogens with one attached hydrogen (secondary N) is 4. The van der Waals surface area contributed by atoms with Crippen LogP contribution in [0.4, 0.5) is 0 Å². The first kappa shape index (κ1) is 110. The summed E-state index contributed by atoms with van der Waals surface area (Å²) in [5.74, 6) is 2.00. The molecule has 17 nitrogen and oxygen atoms in total. The van der Waals surface area contributed by atoms with Crippen LogP contribution in [0.3, 0.4) is 0 Å². The second-order valence-corrected chi connectivity index (χ2v) is 33.1. The Labute approximate surface area is 745 Å². The van der Waals surface area contributed by atoms with E-state index in [1.807, 2.05) is 110 Å². The molecule has 4 N–H and O–H groups in total. The molecule has 4 aromatic rings. The number of hydrogen-bond acceptors (Lipinski definition) is 14. The van der Waals surface area contributed by atoms with E-state index in [1.54, 1.807) is 30.6 Å². The summed E-state index contributed by atoms with van der Waals surface area (Å²) in [5.41, 5.74) is 2.78. The summed E-state index contributed by atoms with van der Waals surface area (Å²) < 4.78 is 27.1. The highest BCUT2D eigenvalue weighted by atomic mass is 79.9. The number of carbonyl (C=O) groups is 3. The second-order valence-electron chi connectivity index (χ2n) is 29.5. The highest BCUT2D eigenvalue weighted by Crippen LogP contribution is 2.38. The Morgan fingerprint density at radius 3 is 1.09 bits per heavy atom. The third-order valence-electron chi connectivity index (χ3n) is 19.9. The van der Waals surface area contributed by atoms with Crippen LogP contribution in [0.5, 0.6) is 0 Å². The highest BCUT2D eigenvalue weighted by molar-refractivity contribution is 9.11. The van der Waals surface area contributed by atoms with Crippen molar-refractivity contribution in [3.05, 3.63) is 128 Å². The Bertz CT molecular complexity index is 3310. The van der Waals surface area contributed by atoms with Gasteiger partial charge in [-0.05, 0) is 168 Å². The van der Waals surface area contributed by atoms with E-state index in [2.05, 4.69) is 128 Å². The predicted molar refractivity (Wildman–Crippen MR) is 533 cm³/mol. The van der Waals surface area contributed by atoms with Crippen molar-refractivity contribution in [2.45, 2.75) is 105 Å². The van der Waals surface area contributed by atoms with Gasteiger partial charge in [0.15, 0.2) is 0 Å². The molecule has 0 aromatic carbocycles. The number of hydrogen-bond donors (Lipinski definition) is 4. The number of aromatic nitrogens is 4. The molecule has 0 aliphatic carbocycles. The number of carbonyl (C=O) groups excluding carboxylic acids is 3. The van der Waals surface area contributed by atoms with E-state index in [-0.39, 0.29) is 69.2 Å². The van der Waals surface area contributed by atoms with Gasteiger partial charge in [-0.25, -0.2) is 4.98 Å². The highest BCUT2D eigenvalue weighted by Gasteiger charge is 2.56. The van der Waals surface area contributed by atoms with E-state index >= 15 is 0 Å². The Hall–Kier alpha value is -1.40. The molecule has 5 saturated heterocycles. The Morgan fingerprint density at radius 1 is 0.442 bits per heavy atom. The fourth-order valence-corrected chi connectivity index (χ4v) is 13.6. The summed E-state index contributed by atoms with van der Waals surface area (Å²) in [4.78, 5) is 54.0. The molecule has 4 aromatic heterocycles. The molecule has 9 rings (SSSR count). The topological polar surface area (TPSA) is 194 Å². The zero-order valence-corrected chi connectivity index (χ0v) is 71.5. The molecule has 0 unspecified atom stereocenters. The lowest BCUT2D eigenvalue weighted by atomic mass is 8.29. The summed E-state index contributed by atoms with van der Waals surface area (Å²) in [6.07, 6.45) is -7.76. The molecule has 113 heavy (non-hydrogen) atoms. The minimum Gasteiger partial charge on any atom is -0.400 e. The minimum absolute atomic E-state index is 0. The molecule has 59 heteroatoms. The number of piperazine rings is 3. The summed E-state index contributed by atoms with van der Waals surface area (Å²) >= 11 is 13.1. The minimum atomic E-state index is -1.17. The van der Waals surface area contributed by atoms with Gasteiger partial charge < -0.3 is 39.9 Å². The standard InChI is InChI=1S/C17H26BN3O3.C11H14BrN3O.C8H15BO2.C7H6BrN.C5H3Br2N.C4H8N2O.2CH4.B36/c1-16(2)17(3,4)24-18(23-16)13-5-6-14(20-11-13)7-9-21-10-8-19-15(22)12-21;12-9-1-2-10(14-7-9)3-5-15-6-4-13-11(16)8-15;1-6-9-10-7(2,3)8(4,5)11-9;1-2-7-4-3-6(8)5-9-7;6-4-1-2-5(7)8-3-4;7-4-3-5-1-2-6-4;;;1-20(2)29(19)34(30(21(3)4)22(5)6)36(33(27(15)16)28(17)18)35(31(23(7)8)24(9)10)32(25(11)12)26(13)14/h5-6,11H,7-10,12H2,1-4H3,(H,19,22);1-2,7H,3-6,8H2,(H,13,16);6H,1H2,2-5H3;2-5H,1H2;1-3H;5H,1-3H2,(H,6,7);2*1H4;. The van der Waals surface area contributed by atoms with E-state index in [0.717, 1.165) is 106 Å². The van der Waals surface area contributed by atoms with Crippen molar-refractivity contribution in [3.8, 4) is 0 Å². The van der Waals surface area contributed by atoms with Gasteiger partial charge in [0.2, 0.25) is 17.7 Å². The molecule has 0 bridgehead atoms. The summed E-state index contributed by atoms with van der Waals surface area (Å²) in [6, 6.07) is 15.7. The number of nitrogens with zero attached hydrogens (tertiary/aromatic N) is 6. The van der Waals surface area contributed by atoms with Crippen molar-refractivity contribution in [1.29, 1.82) is 0 Å². The second kappa shape index (κ2) is 53.5. The summed E-state index contributed by atoms with van der Waals surface area (Å²) in [5, 5.41) is 11.3. The summed E-state index contributed by atoms with van der Waals surface area (Å²) in [6.45, 7) is 31.7. The molecule has 5 aliphatic heterocycles. The third-order valence-corrected chi connectivity index (χ3v) is 21.8. The van der Waals surface area contributed by atoms with E-state index in [1.165, 1.54) is 0 Å². The molecular formula is C54H80B38Br4N10O7. The summed E-state index contributed by atoms with van der Waals surface area (Å²) in [7, 11) is 116. The molecule has 38 radical (unpaired) electrons. The van der Waals surface area contributed by atoms with Gasteiger partial charge in [0.25, 0.3) is 0 Å². The van der Waals surface area contributed by atoms with Crippen molar-refractivity contribution >= 4 is 363 Å². The van der Waals surface area contributed by atoms with Gasteiger partial charge in [0, 0.05) is 376 Å². The van der Waals surface area contributed by atoms with Crippen molar-refractivity contribution in [2.24, 2.45) is 0 Å². The van der Waals surface area contributed by atoms with E-state index in [4.69, 9.17) is 166 Å². The molecule has 5 aliphatic rings. The van der Waals surface area contributed by atoms with Gasteiger partial charge >= 0.3 is 14.2 Å². The zero-order valence-electron chi connectivity index (χ0n) is 65.2. The maximum Gasteiger partial charge on any atom is 0.496 e. The van der Waals surface area contributed by atoms with Crippen molar-refractivity contribution < 1.29 is 33.0 Å². The predicted octanol–water partition coefficient (Wildman–Crippen LogP) is -5.66. The fourth-order valence-electron chi connectivity index (χ4n) is 12.6. The Kier molecular flexibility index (Phi) is 51.9. The number of rotatable bonds is 25. The van der Waals surface area contributed by atoms with Crippen LogP contribution in [-0.4, -0.2) is 412 Å². The first-order valence-electron chi connectivity index (χ1n) is 36.4. The van der Waals surface area contributed by atoms with Crippen LogP contribution in [0.15, 0.2) is 110 Å². The Balaban J connectivity index is 0.000000711. The van der Waals surface area contributed by atoms with Crippen LogP contribution >= 0.6 is 63.7 Å². The molecule has 0 spiro atoms. The van der Waals surface area contributed by atoms with Crippen molar-refractivity contribution in [2.75, 3.05) is 72.0 Å². The smallest absolute Gasteiger partial charge is 0.400 e. The zero-order chi connectivity index (χ0) is 84.1. The maximum atomic E-state index is 11.4. The SMILES string of the molecule is Brc1ccc(Br)nc1.C.C.C=CB1OC(C)(C)C(C)(C)O1.C=Cc1ccc(Br)cn1.CC1(C)OB(c2ccc(CCN3CCNC(=O)C3)nc2)OC1(C)C.O=C1CN(CCc2ccc(Br)cn2)CCN1.O=C1CNCCN1.[B]B([B])B([B])B(B(B([B])[B])B([B])[B])B(B(B([B])[B])B([B])[B])B(B(B([B])[B])B([B])[B])B(B([B])[B])B([B])[B]. The molecule has 5 fully saturated rings. The monoisotopic (exact) mass is 1710 g/mol. The van der Waals surface area contributed by atoms with Crippen LogP contribution < -0.4 is 26.7 Å². The molecular weight excluding hydrogens is 1630 g/mol. The first-order valence-corrected chi connectivity index (χ1v) is 39.6. The van der Waals surface area contributed by atoms with Crippen molar-refractivity contribution in [1.82, 2.24) is 51.0 Å². The van der Waals surface area contributed by atoms with Gasteiger partial charge in [0.1, 0.15) is 4.60 Å². The van der Waals surface area contributed by atoms with E-state index < -0.39 is 109 Å². The van der Waals surface area contributed by atoms with Crippen LogP contribution in [0.2, 0.25) is 0 Å². The van der Waals surface area contributed by atoms with Crippen molar-refractivity contribution in [3.63, 3.8) is 0 Å². The number of halogens is 4. The largest absolute Gasteiger partial charge is 0.496 e. The third kappa shape index (κ3) is 37.5. The molecule has 9 heterocycles. The normalized spacial score (nSPS) is 15.8. The number of pyridine rings is 4. The Morgan fingerprint density at radius 2 is 0.805 bits per heavy atom. The maximum absolute atomic E-state index is 11.4. The van der Waals surface area contributed by atoms with Gasteiger partial charge in [0.05, 0.1) is 47.7 Å². The average molecular weight is 1710 g/mol. The average Bonchev–Trinajstić information content (AvgIpc) is 1.44. The molecule has 0 atom stereocenters. The van der Waals surface area contributed by atoms with Crippen LogP contribution in [0.1, 0.15) is 87.3 Å². The molecule has 3 amide bonds. The van der Waals surface area contributed by atoms with Gasteiger partial charge in [-0.15, -0.1) is 6.58 Å². The van der Waals surface area contributed by atoms with Gasteiger partial charge in [-0.1, -0.05) is 33.5 Å². The quantitative estimate of drug-likeness (QED) is 0.0363. The molecule has 530 valence electrons. The van der Waals surface area contributed by atoms with E-state index in [9.17, 15) is 14.4 Å². The van der Waals surface area contributed by atoms with E-state index in [0.29, 0.717) is 19.6 Å². The van der Waals surface area contributed by atoms with Crippen LogP contribution in [0.25, 0.3) is 6.08 Å². The lowest BCUT2D eigenvalue weighted by molar-refractivity contribution is -0.124. The molecule has 0 saturated carbocycles. The first-order chi connectivity index (χ1) is 51.7. The van der Waals surface area contributed by atoms with Gasteiger partial charge in [-0.3, -0.25) is 39.1 Å². The lowest BCUT2D eigenvalue weighted by Gasteiger charge is -2.53. The van der Waals surface area contributed by atoms with Crippen LogP contribution in [-0.2, 0) is 45.8 Å². The fraction of sp³-hybridized carbons (Fsp3) is 0.500. The number of amides is 3. The van der Waals surface area contributed by atoms with Crippen LogP contribution in [0, 0.1) is 0 Å². The van der Waals surface area contributed by atoms with Gasteiger partial charge in [-0.2, -0.15) is 0 Å².